The number of para-hydroxylation sites is 1. The predicted molar refractivity (Wildman–Crippen MR) is 116 cm³/mol. The van der Waals surface area contributed by atoms with Gasteiger partial charge in [0.05, 0.1) is 5.56 Å². The molecule has 1 aromatic carbocycles. The van der Waals surface area contributed by atoms with E-state index in [2.05, 4.69) is 4.98 Å². The van der Waals surface area contributed by atoms with Crippen LogP contribution in [0.15, 0.2) is 45.2 Å². The summed E-state index contributed by atoms with van der Waals surface area (Å²) in [5.41, 5.74) is 0.134. The van der Waals surface area contributed by atoms with Crippen LogP contribution in [0, 0.1) is 11.2 Å². The zero-order chi connectivity index (χ0) is 22.1. The van der Waals surface area contributed by atoms with Gasteiger partial charge in [0.2, 0.25) is 5.43 Å². The number of rotatable bonds is 2. The highest BCUT2D eigenvalue weighted by Crippen LogP contribution is 2.48. The maximum Gasteiger partial charge on any atom is 0.341 e. The summed E-state index contributed by atoms with van der Waals surface area (Å²) in [7, 11) is 0. The van der Waals surface area contributed by atoms with Crippen molar-refractivity contribution < 1.29 is 18.7 Å². The maximum atomic E-state index is 15.4. The summed E-state index contributed by atoms with van der Waals surface area (Å²) in [6.07, 6.45) is 3.47. The van der Waals surface area contributed by atoms with Gasteiger partial charge in [0.1, 0.15) is 21.8 Å². The second kappa shape index (κ2) is 6.62. The van der Waals surface area contributed by atoms with E-state index in [1.54, 1.807) is 10.8 Å². The number of benzene rings is 1. The molecule has 0 saturated heterocycles. The molecule has 1 atom stereocenters. The molecule has 1 aliphatic heterocycles. The van der Waals surface area contributed by atoms with Crippen LogP contribution in [-0.4, -0.2) is 20.6 Å². The molecule has 5 rings (SSSR count). The number of thiazole rings is 1. The summed E-state index contributed by atoms with van der Waals surface area (Å²) < 4.78 is 23.1. The molecule has 4 aromatic rings. The first kappa shape index (κ1) is 19.7. The number of pyridine rings is 1. The van der Waals surface area contributed by atoms with Gasteiger partial charge in [-0.25, -0.2) is 14.2 Å². The van der Waals surface area contributed by atoms with Gasteiger partial charge in [0.15, 0.2) is 11.6 Å². The molecule has 0 saturated carbocycles. The van der Waals surface area contributed by atoms with E-state index in [9.17, 15) is 14.7 Å². The molecule has 1 unspecified atom stereocenters. The molecule has 31 heavy (non-hydrogen) atoms. The topological polar surface area (TPSA) is 85.3 Å². The van der Waals surface area contributed by atoms with Gasteiger partial charge in [-0.05, 0) is 17.9 Å². The monoisotopic (exact) mass is 438 g/mol. The number of carboxylic acids is 1. The van der Waals surface area contributed by atoms with Crippen molar-refractivity contribution in [2.75, 3.05) is 0 Å². The highest BCUT2D eigenvalue weighted by molar-refractivity contribution is 7.13. The Morgan fingerprint density at radius 1 is 1.35 bits per heavy atom. The second-order valence-corrected chi connectivity index (χ2v) is 9.66. The quantitative estimate of drug-likeness (QED) is 0.455. The van der Waals surface area contributed by atoms with Gasteiger partial charge in [-0.3, -0.25) is 4.79 Å². The molecule has 0 spiro atoms. The van der Waals surface area contributed by atoms with Gasteiger partial charge >= 0.3 is 5.97 Å². The van der Waals surface area contributed by atoms with Gasteiger partial charge < -0.3 is 14.1 Å². The summed E-state index contributed by atoms with van der Waals surface area (Å²) in [6, 6.07) is 5.46. The molecule has 4 heterocycles. The third-order valence-electron chi connectivity index (χ3n) is 5.84. The van der Waals surface area contributed by atoms with E-state index in [0.717, 1.165) is 21.5 Å². The van der Waals surface area contributed by atoms with Crippen molar-refractivity contribution in [3.05, 3.63) is 63.1 Å². The van der Waals surface area contributed by atoms with E-state index in [-0.39, 0.29) is 22.9 Å². The Hall–Kier alpha value is -3.26. The highest BCUT2D eigenvalue weighted by atomic mass is 32.1. The predicted octanol–water partition coefficient (Wildman–Crippen LogP) is 5.37. The summed E-state index contributed by atoms with van der Waals surface area (Å²) in [5, 5.41) is 12.9. The Morgan fingerprint density at radius 3 is 2.77 bits per heavy atom. The number of halogens is 1. The minimum atomic E-state index is -1.45. The number of aromatic nitrogens is 2. The molecule has 0 bridgehead atoms. The summed E-state index contributed by atoms with van der Waals surface area (Å²) in [6.45, 7) is 6.02. The molecular formula is C23H19FN2O4S. The molecule has 0 fully saturated rings. The number of hydrogen-bond acceptors (Lipinski definition) is 5. The first-order chi connectivity index (χ1) is 14.7. The van der Waals surface area contributed by atoms with E-state index in [1.165, 1.54) is 17.5 Å². The average Bonchev–Trinajstić information content (AvgIpc) is 3.36. The van der Waals surface area contributed by atoms with Crippen molar-refractivity contribution in [3.63, 3.8) is 0 Å². The smallest absolute Gasteiger partial charge is 0.341 e. The lowest BCUT2D eigenvalue weighted by Gasteiger charge is -2.37. The number of fused-ring (bicyclic) bond motifs is 5. The summed E-state index contributed by atoms with van der Waals surface area (Å²) >= 11 is 1.47. The zero-order valence-corrected chi connectivity index (χ0v) is 17.9. The van der Waals surface area contributed by atoms with Crippen molar-refractivity contribution >= 4 is 28.3 Å². The first-order valence-electron chi connectivity index (χ1n) is 9.81. The molecule has 0 radical (unpaired) electrons. The lowest BCUT2D eigenvalue weighted by molar-refractivity contribution is 0.0692. The Balaban J connectivity index is 1.88. The van der Waals surface area contributed by atoms with Crippen LogP contribution in [0.25, 0.3) is 33.0 Å². The molecular weight excluding hydrogens is 419 g/mol. The average molecular weight is 438 g/mol. The van der Waals surface area contributed by atoms with Gasteiger partial charge in [0.25, 0.3) is 0 Å². The van der Waals surface area contributed by atoms with E-state index in [0.29, 0.717) is 12.0 Å². The first-order valence-corrected chi connectivity index (χ1v) is 10.7. The maximum absolute atomic E-state index is 15.4. The third-order valence-corrected chi connectivity index (χ3v) is 6.64. The van der Waals surface area contributed by atoms with Gasteiger partial charge in [-0.15, -0.1) is 11.3 Å². The van der Waals surface area contributed by atoms with Crippen molar-refractivity contribution in [1.29, 1.82) is 0 Å². The fraction of sp³-hybridized carbons (Fsp3) is 0.261. The molecule has 158 valence electrons. The normalized spacial score (nSPS) is 15.7. The van der Waals surface area contributed by atoms with Crippen LogP contribution in [0.5, 0.6) is 0 Å². The lowest BCUT2D eigenvalue weighted by atomic mass is 9.79. The SMILES string of the molecule is CC(C)(C)C1Cc2c(oc3c(-c4nccs4)cccc23)-c2c(F)c(=O)c(C(=O)O)cn21. The molecule has 6 nitrogen and oxygen atoms in total. The molecule has 1 N–H and O–H groups in total. The number of nitrogens with zero attached hydrogens (tertiary/aromatic N) is 2. The number of furan rings is 1. The van der Waals surface area contributed by atoms with Gasteiger partial charge in [-0.2, -0.15) is 0 Å². The van der Waals surface area contributed by atoms with Crippen LogP contribution in [-0.2, 0) is 6.42 Å². The van der Waals surface area contributed by atoms with Crippen LogP contribution >= 0.6 is 11.3 Å². The van der Waals surface area contributed by atoms with E-state index >= 15 is 4.39 Å². The molecule has 1 aliphatic rings. The fourth-order valence-corrected chi connectivity index (χ4v) is 4.98. The second-order valence-electron chi connectivity index (χ2n) is 8.76. The van der Waals surface area contributed by atoms with Crippen LogP contribution in [0.2, 0.25) is 0 Å². The standard InChI is InChI=1S/C23H19FN2O4S/c1-23(2,3)15-9-13-11-5-4-6-12(21-25-7-8-31-21)19(11)30-20(13)17-16(24)18(27)14(22(28)29)10-26(15)17/h4-8,10,15H,9H2,1-3H3,(H,28,29). The fourth-order valence-electron chi connectivity index (χ4n) is 4.32. The van der Waals surface area contributed by atoms with Crippen molar-refractivity contribution in [2.45, 2.75) is 33.2 Å². The van der Waals surface area contributed by atoms with Crippen LogP contribution < -0.4 is 5.43 Å². The third kappa shape index (κ3) is 2.85. The van der Waals surface area contributed by atoms with Crippen LogP contribution in [0.3, 0.4) is 0 Å². The van der Waals surface area contributed by atoms with Crippen molar-refractivity contribution in [3.8, 4) is 22.0 Å². The Labute approximate surface area is 180 Å². The Morgan fingerprint density at radius 2 is 2.13 bits per heavy atom. The van der Waals surface area contributed by atoms with E-state index < -0.39 is 22.8 Å². The molecule has 3 aromatic heterocycles. The van der Waals surface area contributed by atoms with Gasteiger partial charge in [-0.1, -0.05) is 32.9 Å². The largest absolute Gasteiger partial charge is 0.477 e. The summed E-state index contributed by atoms with van der Waals surface area (Å²) in [4.78, 5) is 28.4. The minimum absolute atomic E-state index is 0.00235. The number of aromatic carboxylic acids is 1. The van der Waals surface area contributed by atoms with Gasteiger partial charge in [0, 0.05) is 34.8 Å². The number of carbonyl (C=O) groups is 1. The van der Waals surface area contributed by atoms with Crippen molar-refractivity contribution in [1.82, 2.24) is 9.55 Å². The van der Waals surface area contributed by atoms with E-state index in [1.807, 2.05) is 44.4 Å². The molecule has 8 heteroatoms. The highest BCUT2D eigenvalue weighted by Gasteiger charge is 2.39. The van der Waals surface area contributed by atoms with Crippen LogP contribution in [0.1, 0.15) is 42.7 Å². The number of carboxylic acid groups (broad SMARTS) is 1. The van der Waals surface area contributed by atoms with Crippen molar-refractivity contribution in [2.24, 2.45) is 5.41 Å². The zero-order valence-electron chi connectivity index (χ0n) is 17.1. The Kier molecular flexibility index (Phi) is 4.20. The Bertz CT molecular complexity index is 1410. The molecule has 0 aliphatic carbocycles. The van der Waals surface area contributed by atoms with E-state index in [4.69, 9.17) is 4.42 Å². The lowest BCUT2D eigenvalue weighted by Crippen LogP contribution is -2.34. The minimum Gasteiger partial charge on any atom is -0.477 e. The van der Waals surface area contributed by atoms with Crippen LogP contribution in [0.4, 0.5) is 4.39 Å². The molecule has 0 amide bonds. The number of hydrogen-bond donors (Lipinski definition) is 1. The summed E-state index contributed by atoms with van der Waals surface area (Å²) in [5.74, 6) is -2.29.